The average Bonchev–Trinajstić information content (AvgIpc) is 3.03. The Morgan fingerprint density at radius 3 is 2.75 bits per heavy atom. The molecule has 0 radical (unpaired) electrons. The maximum Gasteiger partial charge on any atom is 0.252 e. The van der Waals surface area contributed by atoms with Gasteiger partial charge in [-0.05, 0) is 37.8 Å². The number of aliphatic imine (C=N–C) groups is 1. The van der Waals surface area contributed by atoms with Crippen LogP contribution in [0.3, 0.4) is 0 Å². The number of rotatable bonds is 5. The van der Waals surface area contributed by atoms with Crippen LogP contribution in [0.2, 0.25) is 0 Å². The van der Waals surface area contributed by atoms with E-state index >= 15 is 0 Å². The second-order valence-corrected chi connectivity index (χ2v) is 6.46. The van der Waals surface area contributed by atoms with Crippen LogP contribution in [0.1, 0.15) is 25.3 Å². The predicted molar refractivity (Wildman–Crippen MR) is 91.4 cm³/mol. The Bertz CT molecular complexity index is 663. The van der Waals surface area contributed by atoms with Crippen LogP contribution in [0.5, 0.6) is 0 Å². The smallest absolute Gasteiger partial charge is 0.252 e. The lowest BCUT2D eigenvalue weighted by Gasteiger charge is -2.30. The minimum atomic E-state index is -0.268. The molecule has 5 heteroatoms. The lowest BCUT2D eigenvalue weighted by molar-refractivity contribution is -0.128. The van der Waals surface area contributed by atoms with Gasteiger partial charge in [-0.3, -0.25) is 9.79 Å². The van der Waals surface area contributed by atoms with Crippen molar-refractivity contribution in [1.29, 1.82) is 0 Å². The van der Waals surface area contributed by atoms with Crippen molar-refractivity contribution in [3.63, 3.8) is 0 Å². The number of ether oxygens (including phenoxy) is 1. The Morgan fingerprint density at radius 2 is 2.08 bits per heavy atom. The number of nitrogens with zero attached hydrogens (tertiary/aromatic N) is 2. The van der Waals surface area contributed by atoms with Gasteiger partial charge < -0.3 is 9.64 Å². The molecule has 0 bridgehead atoms. The van der Waals surface area contributed by atoms with Gasteiger partial charge in [0.05, 0.1) is 6.54 Å². The largest absolute Gasteiger partial charge is 0.381 e. The van der Waals surface area contributed by atoms with Crippen molar-refractivity contribution in [1.82, 2.24) is 4.90 Å². The summed E-state index contributed by atoms with van der Waals surface area (Å²) < 4.78 is 19.4. The van der Waals surface area contributed by atoms with Crippen LogP contribution < -0.4 is 0 Å². The summed E-state index contributed by atoms with van der Waals surface area (Å²) in [4.78, 5) is 19.0. The zero-order chi connectivity index (χ0) is 16.9. The molecule has 24 heavy (non-hydrogen) atoms. The molecule has 1 saturated heterocycles. The summed E-state index contributed by atoms with van der Waals surface area (Å²) >= 11 is 0. The van der Waals surface area contributed by atoms with Gasteiger partial charge in [0.25, 0.3) is 5.91 Å². The van der Waals surface area contributed by atoms with Crippen LogP contribution in [0.25, 0.3) is 0 Å². The summed E-state index contributed by atoms with van der Waals surface area (Å²) in [5, 5.41) is 0. The first kappa shape index (κ1) is 16.8. The molecule has 2 aliphatic heterocycles. The third kappa shape index (κ3) is 4.09. The van der Waals surface area contributed by atoms with Crippen molar-refractivity contribution in [3.05, 3.63) is 47.3 Å². The van der Waals surface area contributed by atoms with Crippen molar-refractivity contribution in [2.45, 2.75) is 26.3 Å². The topological polar surface area (TPSA) is 41.9 Å². The van der Waals surface area contributed by atoms with Gasteiger partial charge in [0, 0.05) is 43.2 Å². The molecule has 0 atom stereocenters. The van der Waals surface area contributed by atoms with Crippen LogP contribution in [-0.4, -0.2) is 42.8 Å². The van der Waals surface area contributed by atoms with E-state index in [0.717, 1.165) is 31.8 Å². The number of hydrogen-bond acceptors (Lipinski definition) is 3. The van der Waals surface area contributed by atoms with Gasteiger partial charge in [-0.15, -0.1) is 0 Å². The zero-order valence-electron chi connectivity index (χ0n) is 14.0. The van der Waals surface area contributed by atoms with Gasteiger partial charge in [0.1, 0.15) is 5.82 Å². The van der Waals surface area contributed by atoms with Crippen LogP contribution >= 0.6 is 0 Å². The van der Waals surface area contributed by atoms with Gasteiger partial charge in [0.15, 0.2) is 0 Å². The molecule has 2 aliphatic rings. The second-order valence-electron chi connectivity index (χ2n) is 6.46. The molecule has 128 valence electrons. The quantitative estimate of drug-likeness (QED) is 0.833. The Morgan fingerprint density at radius 1 is 1.33 bits per heavy atom. The summed E-state index contributed by atoms with van der Waals surface area (Å²) in [6.07, 6.45) is 3.71. The number of carbonyl (C=O) groups excluding carboxylic acids is 1. The second kappa shape index (κ2) is 7.71. The fourth-order valence-corrected chi connectivity index (χ4v) is 3.18. The number of allylic oxidation sites excluding steroid dienone is 1. The van der Waals surface area contributed by atoms with Crippen molar-refractivity contribution in [3.8, 4) is 0 Å². The molecule has 0 unspecified atom stereocenters. The molecule has 3 rings (SSSR count). The van der Waals surface area contributed by atoms with Crippen LogP contribution in [-0.2, 0) is 16.1 Å². The molecule has 1 aromatic carbocycles. The highest BCUT2D eigenvalue weighted by Crippen LogP contribution is 2.21. The summed E-state index contributed by atoms with van der Waals surface area (Å²) in [6, 6.07) is 6.65. The number of benzene rings is 1. The van der Waals surface area contributed by atoms with E-state index in [1.165, 1.54) is 6.07 Å². The van der Waals surface area contributed by atoms with Gasteiger partial charge in [-0.1, -0.05) is 18.2 Å². The van der Waals surface area contributed by atoms with Gasteiger partial charge in [-0.25, -0.2) is 4.39 Å². The van der Waals surface area contributed by atoms with Crippen molar-refractivity contribution < 1.29 is 13.9 Å². The van der Waals surface area contributed by atoms with E-state index in [9.17, 15) is 9.18 Å². The van der Waals surface area contributed by atoms with Gasteiger partial charge >= 0.3 is 0 Å². The average molecular weight is 330 g/mol. The Balaban J connectivity index is 1.76. The molecular formula is C19H23FN2O2. The first-order valence-corrected chi connectivity index (χ1v) is 8.45. The summed E-state index contributed by atoms with van der Waals surface area (Å²) in [5.74, 6) is 0.0962. The maximum absolute atomic E-state index is 14.0. The molecule has 0 spiro atoms. The highest BCUT2D eigenvalue weighted by Gasteiger charge is 2.25. The first-order valence-electron chi connectivity index (χ1n) is 8.45. The van der Waals surface area contributed by atoms with E-state index in [1.54, 1.807) is 23.1 Å². The third-order valence-electron chi connectivity index (χ3n) is 4.58. The van der Waals surface area contributed by atoms with Crippen LogP contribution in [0.4, 0.5) is 4.39 Å². The van der Waals surface area contributed by atoms with Crippen molar-refractivity contribution >= 4 is 11.6 Å². The number of halogens is 1. The molecule has 1 aromatic rings. The summed E-state index contributed by atoms with van der Waals surface area (Å²) in [5.41, 5.74) is 2.11. The van der Waals surface area contributed by atoms with E-state index in [0.29, 0.717) is 36.7 Å². The first-order chi connectivity index (χ1) is 11.6. The third-order valence-corrected chi connectivity index (χ3v) is 4.58. The minimum absolute atomic E-state index is 0.0367. The number of carbonyl (C=O) groups is 1. The highest BCUT2D eigenvalue weighted by atomic mass is 19.1. The predicted octanol–water partition coefficient (Wildman–Crippen LogP) is 2.98. The molecule has 1 amide bonds. The SMILES string of the molecule is CC1=NCC(C(=O)N(Cc2ccccc2F)CC2CCOCC2)=C1. The van der Waals surface area contributed by atoms with Crippen molar-refractivity contribution in [2.75, 3.05) is 26.3 Å². The Labute approximate surface area is 142 Å². The molecule has 0 N–H and O–H groups in total. The lowest BCUT2D eigenvalue weighted by atomic mass is 9.99. The molecule has 2 heterocycles. The van der Waals surface area contributed by atoms with E-state index in [1.807, 2.05) is 13.0 Å². The molecule has 0 aromatic heterocycles. The summed E-state index contributed by atoms with van der Waals surface area (Å²) in [7, 11) is 0. The van der Waals surface area contributed by atoms with E-state index in [2.05, 4.69) is 4.99 Å². The summed E-state index contributed by atoms with van der Waals surface area (Å²) in [6.45, 7) is 4.70. The molecule has 1 fully saturated rings. The van der Waals surface area contributed by atoms with E-state index in [4.69, 9.17) is 4.74 Å². The Kier molecular flexibility index (Phi) is 5.41. The van der Waals surface area contributed by atoms with Crippen LogP contribution in [0.15, 0.2) is 40.9 Å². The van der Waals surface area contributed by atoms with E-state index in [-0.39, 0.29) is 11.7 Å². The fraction of sp³-hybridized carbons (Fsp3) is 0.474. The molecular weight excluding hydrogens is 307 g/mol. The fourth-order valence-electron chi connectivity index (χ4n) is 3.18. The monoisotopic (exact) mass is 330 g/mol. The molecule has 4 nitrogen and oxygen atoms in total. The normalized spacial score (nSPS) is 18.2. The molecule has 0 aliphatic carbocycles. The standard InChI is InChI=1S/C19H23FN2O2/c1-14-10-17(11-21-14)19(23)22(12-15-6-8-24-9-7-15)13-16-4-2-3-5-18(16)20/h2-5,10,15H,6-9,11-13H2,1H3. The van der Waals surface area contributed by atoms with Gasteiger partial charge in [-0.2, -0.15) is 0 Å². The lowest BCUT2D eigenvalue weighted by Crippen LogP contribution is -2.38. The number of hydrogen-bond donors (Lipinski definition) is 0. The van der Waals surface area contributed by atoms with E-state index < -0.39 is 0 Å². The van der Waals surface area contributed by atoms with Crippen molar-refractivity contribution in [2.24, 2.45) is 10.9 Å². The minimum Gasteiger partial charge on any atom is -0.381 e. The zero-order valence-corrected chi connectivity index (χ0v) is 14.0. The van der Waals surface area contributed by atoms with Crippen LogP contribution in [0, 0.1) is 11.7 Å². The Hall–Kier alpha value is -2.01. The highest BCUT2D eigenvalue weighted by molar-refractivity contribution is 6.06. The van der Waals surface area contributed by atoms with Gasteiger partial charge in [0.2, 0.25) is 0 Å². The number of amides is 1. The molecule has 0 saturated carbocycles. The maximum atomic E-state index is 14.0.